The van der Waals surface area contributed by atoms with E-state index in [1.807, 2.05) is 35.7 Å². The van der Waals surface area contributed by atoms with Gasteiger partial charge in [0.1, 0.15) is 0 Å². The number of fused-ring (bicyclic) bond motifs is 1. The van der Waals surface area contributed by atoms with Gasteiger partial charge in [-0.05, 0) is 23.1 Å². The molecule has 0 spiro atoms. The van der Waals surface area contributed by atoms with Crippen LogP contribution in [0.25, 0.3) is 0 Å². The Hall–Kier alpha value is -2.18. The Morgan fingerprint density at radius 3 is 2.79 bits per heavy atom. The van der Waals surface area contributed by atoms with E-state index in [0.717, 1.165) is 10.4 Å². The smallest absolute Gasteiger partial charge is 0.254 e. The summed E-state index contributed by atoms with van der Waals surface area (Å²) in [5.41, 5.74) is 1.38. The Morgan fingerprint density at radius 1 is 1.29 bits per heavy atom. The molecule has 0 bridgehead atoms. The molecule has 2 amide bonds. The Labute approximate surface area is 145 Å². The number of carbonyl (C=O) groups excluding carboxylic acids is 2. The van der Waals surface area contributed by atoms with E-state index in [1.54, 1.807) is 36.5 Å². The maximum Gasteiger partial charge on any atom is 0.254 e. The minimum absolute atomic E-state index is 0.0510. The molecular weight excluding hydrogens is 324 g/mol. The van der Waals surface area contributed by atoms with E-state index in [4.69, 9.17) is 4.74 Å². The van der Waals surface area contributed by atoms with E-state index in [1.165, 1.54) is 0 Å². The number of hydrogen-bond acceptors (Lipinski definition) is 4. The van der Waals surface area contributed by atoms with Crippen LogP contribution in [0, 0.1) is 0 Å². The van der Waals surface area contributed by atoms with E-state index in [-0.39, 0.29) is 17.9 Å². The number of nitrogens with zero attached hydrogens (tertiary/aromatic N) is 1. The normalized spacial score (nSPS) is 19.9. The Balaban J connectivity index is 2.03. The van der Waals surface area contributed by atoms with Crippen LogP contribution < -0.4 is 5.32 Å². The van der Waals surface area contributed by atoms with Crippen molar-refractivity contribution in [1.29, 1.82) is 0 Å². The van der Waals surface area contributed by atoms with Crippen molar-refractivity contribution < 1.29 is 14.3 Å². The second kappa shape index (κ2) is 7.15. The van der Waals surface area contributed by atoms with Crippen molar-refractivity contribution in [2.75, 3.05) is 27.3 Å². The molecule has 0 fully saturated rings. The van der Waals surface area contributed by atoms with E-state index < -0.39 is 5.92 Å². The molecule has 1 aliphatic heterocycles. The maximum absolute atomic E-state index is 12.9. The van der Waals surface area contributed by atoms with E-state index >= 15 is 0 Å². The zero-order valence-corrected chi connectivity index (χ0v) is 14.5. The first-order valence-electron chi connectivity index (χ1n) is 7.81. The van der Waals surface area contributed by atoms with Gasteiger partial charge in [-0.15, -0.1) is 11.3 Å². The molecule has 1 aliphatic rings. The molecule has 2 aromatic rings. The minimum atomic E-state index is -0.431. The average molecular weight is 344 g/mol. The second-order valence-corrected chi connectivity index (χ2v) is 6.70. The summed E-state index contributed by atoms with van der Waals surface area (Å²) in [7, 11) is 3.36. The van der Waals surface area contributed by atoms with Crippen molar-refractivity contribution in [3.05, 3.63) is 57.8 Å². The van der Waals surface area contributed by atoms with Gasteiger partial charge in [0.2, 0.25) is 5.91 Å². The molecule has 5 nitrogen and oxygen atoms in total. The number of amides is 2. The summed E-state index contributed by atoms with van der Waals surface area (Å²) in [5.74, 6) is -0.568. The van der Waals surface area contributed by atoms with Gasteiger partial charge in [-0.3, -0.25) is 9.59 Å². The number of hydrogen-bond donors (Lipinski definition) is 1. The highest BCUT2D eigenvalue weighted by Gasteiger charge is 2.42. The quantitative estimate of drug-likeness (QED) is 0.848. The number of benzene rings is 1. The molecule has 6 heteroatoms. The third-order valence-corrected chi connectivity index (χ3v) is 5.25. The predicted molar refractivity (Wildman–Crippen MR) is 93.2 cm³/mol. The van der Waals surface area contributed by atoms with Crippen molar-refractivity contribution in [2.24, 2.45) is 0 Å². The van der Waals surface area contributed by atoms with Crippen LogP contribution in [0.5, 0.6) is 0 Å². The third-order valence-electron chi connectivity index (χ3n) is 4.30. The monoisotopic (exact) mass is 344 g/mol. The van der Waals surface area contributed by atoms with Crippen LogP contribution in [0.4, 0.5) is 0 Å². The number of carbonyl (C=O) groups is 2. The van der Waals surface area contributed by atoms with Crippen LogP contribution in [0.2, 0.25) is 0 Å². The molecule has 2 heterocycles. The van der Waals surface area contributed by atoms with Crippen LogP contribution in [0.15, 0.2) is 41.8 Å². The number of rotatable bonds is 5. The Morgan fingerprint density at radius 2 is 2.08 bits per heavy atom. The topological polar surface area (TPSA) is 58.6 Å². The largest absolute Gasteiger partial charge is 0.383 e. The van der Waals surface area contributed by atoms with Gasteiger partial charge >= 0.3 is 0 Å². The van der Waals surface area contributed by atoms with Crippen molar-refractivity contribution in [3.63, 3.8) is 0 Å². The minimum Gasteiger partial charge on any atom is -0.383 e. The standard InChI is InChI=1S/C18H20N2O3S/c1-20-16(14-8-5-11-24-14)15(17(21)19-9-10-23-2)12-6-3-4-7-13(12)18(20)22/h3-8,11,15-16H,9-10H2,1-2H3,(H,19,21)/t15-,16-/m1/s1. The number of methoxy groups -OCH3 is 1. The average Bonchev–Trinajstić information content (AvgIpc) is 3.12. The van der Waals surface area contributed by atoms with Crippen molar-refractivity contribution >= 4 is 23.2 Å². The van der Waals surface area contributed by atoms with Gasteiger partial charge in [-0.25, -0.2) is 0 Å². The van der Waals surface area contributed by atoms with Crippen LogP contribution in [-0.4, -0.2) is 44.0 Å². The summed E-state index contributed by atoms with van der Waals surface area (Å²) >= 11 is 1.56. The first-order valence-corrected chi connectivity index (χ1v) is 8.69. The van der Waals surface area contributed by atoms with Crippen molar-refractivity contribution in [2.45, 2.75) is 12.0 Å². The van der Waals surface area contributed by atoms with Crippen molar-refractivity contribution in [1.82, 2.24) is 10.2 Å². The van der Waals surface area contributed by atoms with Gasteiger partial charge in [-0.1, -0.05) is 24.3 Å². The van der Waals surface area contributed by atoms with E-state index in [0.29, 0.717) is 18.7 Å². The maximum atomic E-state index is 12.9. The molecule has 1 aromatic carbocycles. The molecule has 1 N–H and O–H groups in total. The predicted octanol–water partition coefficient (Wildman–Crippen LogP) is 2.42. The fourth-order valence-corrected chi connectivity index (χ4v) is 4.06. The first-order chi connectivity index (χ1) is 11.6. The van der Waals surface area contributed by atoms with Crippen molar-refractivity contribution in [3.8, 4) is 0 Å². The lowest BCUT2D eigenvalue weighted by atomic mass is 9.82. The number of ether oxygens (including phenoxy) is 1. The lowest BCUT2D eigenvalue weighted by Gasteiger charge is -2.39. The van der Waals surface area contributed by atoms with Crippen LogP contribution in [-0.2, 0) is 9.53 Å². The number of thiophene rings is 1. The third kappa shape index (κ3) is 2.95. The van der Waals surface area contributed by atoms with Gasteiger partial charge in [0.15, 0.2) is 0 Å². The zero-order chi connectivity index (χ0) is 17.1. The summed E-state index contributed by atoms with van der Waals surface area (Å²) < 4.78 is 5.01. The van der Waals surface area contributed by atoms with Gasteiger partial charge < -0.3 is 15.0 Å². The Bertz CT molecular complexity index is 730. The molecule has 3 rings (SSSR count). The molecular formula is C18H20N2O3S. The molecule has 2 atom stereocenters. The summed E-state index contributed by atoms with van der Waals surface area (Å²) in [4.78, 5) is 28.3. The number of likely N-dealkylation sites (N-methyl/N-ethyl adjacent to an activating group) is 1. The van der Waals surface area contributed by atoms with Crippen LogP contribution in [0.3, 0.4) is 0 Å². The molecule has 0 saturated heterocycles. The molecule has 0 radical (unpaired) electrons. The first kappa shape index (κ1) is 16.7. The SMILES string of the molecule is COCCNC(=O)[C@@H]1c2ccccc2C(=O)N(C)[C@@H]1c1cccs1. The van der Waals surface area contributed by atoms with Gasteiger partial charge in [0, 0.05) is 31.1 Å². The second-order valence-electron chi connectivity index (χ2n) is 5.73. The fraction of sp³-hybridized carbons (Fsp3) is 0.333. The van der Waals surface area contributed by atoms with E-state index in [9.17, 15) is 9.59 Å². The lowest BCUT2D eigenvalue weighted by molar-refractivity contribution is -0.124. The highest BCUT2D eigenvalue weighted by molar-refractivity contribution is 7.10. The number of nitrogens with one attached hydrogen (secondary N) is 1. The molecule has 0 aliphatic carbocycles. The fourth-order valence-electron chi connectivity index (χ4n) is 3.16. The summed E-state index contributed by atoms with van der Waals surface area (Å²) in [6.07, 6.45) is 0. The van der Waals surface area contributed by atoms with Gasteiger partial charge in [0.25, 0.3) is 5.91 Å². The molecule has 24 heavy (non-hydrogen) atoms. The van der Waals surface area contributed by atoms with Crippen LogP contribution >= 0.6 is 11.3 Å². The van der Waals surface area contributed by atoms with Gasteiger partial charge in [0.05, 0.1) is 18.6 Å². The summed E-state index contributed by atoms with van der Waals surface area (Å²) in [6.45, 7) is 0.904. The molecule has 0 saturated carbocycles. The molecule has 126 valence electrons. The summed E-state index contributed by atoms with van der Waals surface area (Å²) in [5, 5.41) is 4.89. The van der Waals surface area contributed by atoms with Gasteiger partial charge in [-0.2, -0.15) is 0 Å². The highest BCUT2D eigenvalue weighted by Crippen LogP contribution is 2.43. The lowest BCUT2D eigenvalue weighted by Crippen LogP contribution is -2.45. The zero-order valence-electron chi connectivity index (χ0n) is 13.7. The Kier molecular flexibility index (Phi) is 4.97. The van der Waals surface area contributed by atoms with Crippen LogP contribution in [0.1, 0.15) is 32.8 Å². The summed E-state index contributed by atoms with van der Waals surface area (Å²) in [6, 6.07) is 11.0. The van der Waals surface area contributed by atoms with E-state index in [2.05, 4.69) is 5.32 Å². The molecule has 1 aromatic heterocycles. The molecule has 0 unspecified atom stereocenters. The highest BCUT2D eigenvalue weighted by atomic mass is 32.1.